The van der Waals surface area contributed by atoms with E-state index in [1.165, 1.54) is 5.56 Å². The molecule has 1 aromatic rings. The van der Waals surface area contributed by atoms with Crippen LogP contribution in [0.1, 0.15) is 31.7 Å². The normalized spacial score (nSPS) is 18.9. The first-order valence-electron chi connectivity index (χ1n) is 7.37. The molecule has 1 aliphatic rings. The molecule has 1 atom stereocenters. The zero-order chi connectivity index (χ0) is 14.4. The lowest BCUT2D eigenvalue weighted by Crippen LogP contribution is -2.45. The lowest BCUT2D eigenvalue weighted by molar-refractivity contribution is -0.137. The zero-order valence-electron chi connectivity index (χ0n) is 12.1. The van der Waals surface area contributed by atoms with Crippen molar-refractivity contribution in [3.05, 3.63) is 35.9 Å². The van der Waals surface area contributed by atoms with Crippen molar-refractivity contribution in [2.75, 3.05) is 13.1 Å². The summed E-state index contributed by atoms with van der Waals surface area (Å²) in [6.45, 7) is 5.11. The predicted molar refractivity (Wildman–Crippen MR) is 79.6 cm³/mol. The number of likely N-dealkylation sites (tertiary alicyclic amines) is 1. The van der Waals surface area contributed by atoms with Crippen LogP contribution in [0.5, 0.6) is 0 Å². The van der Waals surface area contributed by atoms with E-state index in [4.69, 9.17) is 5.11 Å². The highest BCUT2D eigenvalue weighted by molar-refractivity contribution is 5.67. The molecule has 110 valence electrons. The van der Waals surface area contributed by atoms with E-state index in [9.17, 15) is 4.79 Å². The molecule has 4 heteroatoms. The molecule has 2 N–H and O–H groups in total. The highest BCUT2D eigenvalue weighted by Crippen LogP contribution is 2.14. The van der Waals surface area contributed by atoms with Crippen LogP contribution in [0.15, 0.2) is 30.3 Å². The number of carbonyl (C=O) groups is 1. The molecule has 0 aliphatic carbocycles. The van der Waals surface area contributed by atoms with Gasteiger partial charge in [0, 0.05) is 18.6 Å². The van der Waals surface area contributed by atoms with Gasteiger partial charge in [-0.15, -0.1) is 0 Å². The Kier molecular flexibility index (Phi) is 5.56. The number of aliphatic carboxylic acids is 1. The lowest BCUT2D eigenvalue weighted by atomic mass is 10.0. The second kappa shape index (κ2) is 7.41. The smallest absolute Gasteiger partial charge is 0.304 e. The van der Waals surface area contributed by atoms with Crippen molar-refractivity contribution < 1.29 is 9.90 Å². The molecule has 1 aromatic carbocycles. The molecule has 0 bridgehead atoms. The lowest BCUT2D eigenvalue weighted by Gasteiger charge is -2.33. The molecule has 1 saturated heterocycles. The number of nitrogens with one attached hydrogen (secondary N) is 1. The average molecular weight is 276 g/mol. The number of carboxylic acids is 1. The molecular weight excluding hydrogens is 252 g/mol. The molecule has 1 aliphatic heterocycles. The molecule has 0 aromatic heterocycles. The first-order chi connectivity index (χ1) is 9.63. The predicted octanol–water partition coefficient (Wildman–Crippen LogP) is 2.10. The molecule has 1 fully saturated rings. The zero-order valence-corrected chi connectivity index (χ0v) is 12.1. The Hall–Kier alpha value is -1.39. The number of hydrogen-bond acceptors (Lipinski definition) is 3. The van der Waals surface area contributed by atoms with E-state index in [-0.39, 0.29) is 12.5 Å². The fourth-order valence-corrected chi connectivity index (χ4v) is 2.82. The Balaban J connectivity index is 1.71. The van der Waals surface area contributed by atoms with Crippen molar-refractivity contribution in [1.29, 1.82) is 0 Å². The summed E-state index contributed by atoms with van der Waals surface area (Å²) in [5, 5.41) is 12.2. The SMILES string of the molecule is CC(CC(=O)O)NC1CCN(Cc2ccccc2)CC1. The number of piperidine rings is 1. The van der Waals surface area contributed by atoms with E-state index in [1.54, 1.807) is 0 Å². The van der Waals surface area contributed by atoms with Crippen molar-refractivity contribution in [3.8, 4) is 0 Å². The number of carboxylic acid groups (broad SMARTS) is 1. The van der Waals surface area contributed by atoms with E-state index < -0.39 is 5.97 Å². The van der Waals surface area contributed by atoms with Crippen molar-refractivity contribution in [2.24, 2.45) is 0 Å². The Labute approximate surface area is 120 Å². The van der Waals surface area contributed by atoms with Crippen LogP contribution in [0.4, 0.5) is 0 Å². The molecule has 1 heterocycles. The van der Waals surface area contributed by atoms with Crippen LogP contribution in [-0.2, 0) is 11.3 Å². The molecule has 0 radical (unpaired) electrons. The standard InChI is InChI=1S/C16H24N2O2/c1-13(11-16(19)20)17-15-7-9-18(10-8-15)12-14-5-3-2-4-6-14/h2-6,13,15,17H,7-12H2,1H3,(H,19,20). The number of benzene rings is 1. The van der Waals surface area contributed by atoms with Crippen LogP contribution < -0.4 is 5.32 Å². The highest BCUT2D eigenvalue weighted by Gasteiger charge is 2.21. The summed E-state index contributed by atoms with van der Waals surface area (Å²) >= 11 is 0. The fourth-order valence-electron chi connectivity index (χ4n) is 2.82. The maximum Gasteiger partial charge on any atom is 0.304 e. The maximum atomic E-state index is 10.7. The largest absolute Gasteiger partial charge is 0.481 e. The second-order valence-corrected chi connectivity index (χ2v) is 5.70. The highest BCUT2D eigenvalue weighted by atomic mass is 16.4. The summed E-state index contributed by atoms with van der Waals surface area (Å²) in [6.07, 6.45) is 2.39. The quantitative estimate of drug-likeness (QED) is 0.835. The summed E-state index contributed by atoms with van der Waals surface area (Å²) in [7, 11) is 0. The van der Waals surface area contributed by atoms with Gasteiger partial charge in [0.1, 0.15) is 0 Å². The van der Waals surface area contributed by atoms with Crippen LogP contribution in [-0.4, -0.2) is 41.1 Å². The van der Waals surface area contributed by atoms with Crippen LogP contribution in [0, 0.1) is 0 Å². The van der Waals surface area contributed by atoms with E-state index in [1.807, 2.05) is 13.0 Å². The Bertz CT molecular complexity index is 414. The summed E-state index contributed by atoms with van der Waals surface area (Å²) in [5.74, 6) is -0.730. The van der Waals surface area contributed by atoms with Gasteiger partial charge in [-0.2, -0.15) is 0 Å². The second-order valence-electron chi connectivity index (χ2n) is 5.70. The number of rotatable bonds is 6. The minimum Gasteiger partial charge on any atom is -0.481 e. The Morgan fingerprint density at radius 1 is 1.35 bits per heavy atom. The van der Waals surface area contributed by atoms with E-state index in [0.717, 1.165) is 32.5 Å². The monoisotopic (exact) mass is 276 g/mol. The van der Waals surface area contributed by atoms with Gasteiger partial charge in [0.05, 0.1) is 6.42 Å². The van der Waals surface area contributed by atoms with Gasteiger partial charge in [-0.05, 0) is 38.4 Å². The van der Waals surface area contributed by atoms with Gasteiger partial charge >= 0.3 is 5.97 Å². The topological polar surface area (TPSA) is 52.6 Å². The number of nitrogens with zero attached hydrogens (tertiary/aromatic N) is 1. The van der Waals surface area contributed by atoms with Gasteiger partial charge in [0.25, 0.3) is 0 Å². The molecule has 0 saturated carbocycles. The van der Waals surface area contributed by atoms with Crippen molar-refractivity contribution >= 4 is 5.97 Å². The van der Waals surface area contributed by atoms with Crippen LogP contribution in [0.2, 0.25) is 0 Å². The van der Waals surface area contributed by atoms with Gasteiger partial charge in [-0.3, -0.25) is 9.69 Å². The van der Waals surface area contributed by atoms with Crippen molar-refractivity contribution in [1.82, 2.24) is 10.2 Å². The van der Waals surface area contributed by atoms with Crippen molar-refractivity contribution in [3.63, 3.8) is 0 Å². The molecule has 0 spiro atoms. The van der Waals surface area contributed by atoms with Crippen LogP contribution >= 0.6 is 0 Å². The summed E-state index contributed by atoms with van der Waals surface area (Å²) in [6, 6.07) is 11.0. The van der Waals surface area contributed by atoms with Crippen LogP contribution in [0.3, 0.4) is 0 Å². The van der Waals surface area contributed by atoms with Gasteiger partial charge in [-0.1, -0.05) is 30.3 Å². The van der Waals surface area contributed by atoms with Gasteiger partial charge in [0.15, 0.2) is 0 Å². The van der Waals surface area contributed by atoms with E-state index >= 15 is 0 Å². The molecular formula is C16H24N2O2. The Morgan fingerprint density at radius 3 is 2.60 bits per heavy atom. The van der Waals surface area contributed by atoms with E-state index in [0.29, 0.717) is 6.04 Å². The molecule has 0 amide bonds. The summed E-state index contributed by atoms with van der Waals surface area (Å²) in [4.78, 5) is 13.1. The minimum absolute atomic E-state index is 0.0539. The molecule has 20 heavy (non-hydrogen) atoms. The third kappa shape index (κ3) is 4.94. The molecule has 4 nitrogen and oxygen atoms in total. The summed E-state index contributed by atoms with van der Waals surface area (Å²) < 4.78 is 0. The van der Waals surface area contributed by atoms with E-state index in [2.05, 4.69) is 34.5 Å². The molecule has 1 unspecified atom stereocenters. The third-order valence-corrected chi connectivity index (χ3v) is 3.84. The molecule has 2 rings (SSSR count). The minimum atomic E-state index is -0.730. The van der Waals surface area contributed by atoms with Gasteiger partial charge in [-0.25, -0.2) is 0 Å². The Morgan fingerprint density at radius 2 is 2.00 bits per heavy atom. The van der Waals surface area contributed by atoms with Gasteiger partial charge < -0.3 is 10.4 Å². The maximum absolute atomic E-state index is 10.7. The van der Waals surface area contributed by atoms with Crippen LogP contribution in [0.25, 0.3) is 0 Å². The average Bonchev–Trinajstić information content (AvgIpc) is 2.41. The fraction of sp³-hybridized carbons (Fsp3) is 0.562. The summed E-state index contributed by atoms with van der Waals surface area (Å²) in [5.41, 5.74) is 1.36. The first kappa shape index (κ1) is 15.0. The van der Waals surface area contributed by atoms with Crippen molar-refractivity contribution in [2.45, 2.75) is 44.8 Å². The number of hydrogen-bond donors (Lipinski definition) is 2. The first-order valence-corrected chi connectivity index (χ1v) is 7.37. The van der Waals surface area contributed by atoms with Gasteiger partial charge in [0.2, 0.25) is 0 Å². The third-order valence-electron chi connectivity index (χ3n) is 3.84.